The highest BCUT2D eigenvalue weighted by molar-refractivity contribution is 5.54. The van der Waals surface area contributed by atoms with Crippen LogP contribution in [-0.2, 0) is 24.9 Å². The van der Waals surface area contributed by atoms with Gasteiger partial charge < -0.3 is 9.47 Å². The van der Waals surface area contributed by atoms with Gasteiger partial charge in [0, 0.05) is 12.6 Å². The predicted octanol–water partition coefficient (Wildman–Crippen LogP) is 2.47. The average molecular weight is 339 g/mol. The van der Waals surface area contributed by atoms with Crippen LogP contribution in [0.2, 0.25) is 0 Å². The molecule has 3 aromatic rings. The normalized spacial score (nSPS) is 10.8. The van der Waals surface area contributed by atoms with E-state index in [0.717, 1.165) is 16.9 Å². The molecule has 0 aliphatic carbocycles. The van der Waals surface area contributed by atoms with Crippen LogP contribution in [0.25, 0.3) is 11.4 Å². The molecule has 0 N–H and O–H groups in total. The fourth-order valence-electron chi connectivity index (χ4n) is 2.53. The molecule has 1 heterocycles. The molecular formula is C19H21N3O3. The van der Waals surface area contributed by atoms with Crippen LogP contribution in [0.1, 0.15) is 5.56 Å². The highest BCUT2D eigenvalue weighted by Crippen LogP contribution is 2.14. The van der Waals surface area contributed by atoms with Crippen molar-refractivity contribution >= 4 is 0 Å². The van der Waals surface area contributed by atoms with Gasteiger partial charge in [-0.15, -0.1) is 5.10 Å². The van der Waals surface area contributed by atoms with E-state index in [1.807, 2.05) is 54.6 Å². The van der Waals surface area contributed by atoms with Gasteiger partial charge in [0.25, 0.3) is 0 Å². The number of rotatable bonds is 7. The van der Waals surface area contributed by atoms with E-state index in [1.165, 1.54) is 4.68 Å². The van der Waals surface area contributed by atoms with Crippen molar-refractivity contribution < 1.29 is 9.47 Å². The molecule has 0 fully saturated rings. The molecule has 130 valence electrons. The minimum absolute atomic E-state index is 0.146. The maximum absolute atomic E-state index is 12.3. The summed E-state index contributed by atoms with van der Waals surface area (Å²) < 4.78 is 13.8. The van der Waals surface area contributed by atoms with E-state index in [4.69, 9.17) is 9.47 Å². The van der Waals surface area contributed by atoms with Crippen LogP contribution in [0.5, 0.6) is 5.75 Å². The van der Waals surface area contributed by atoms with Crippen molar-refractivity contribution in [3.05, 3.63) is 70.6 Å². The van der Waals surface area contributed by atoms with Crippen molar-refractivity contribution in [2.75, 3.05) is 13.7 Å². The highest BCUT2D eigenvalue weighted by atomic mass is 16.5. The molecule has 0 radical (unpaired) electrons. The maximum Gasteiger partial charge on any atom is 0.346 e. The fraction of sp³-hybridized carbons (Fsp3) is 0.263. The van der Waals surface area contributed by atoms with Gasteiger partial charge in [-0.25, -0.2) is 9.48 Å². The standard InChI is InChI=1S/C19H21N3O3/c1-21-18(16-6-4-3-5-7-16)20-22(19(21)23)12-13-25-14-15-8-10-17(24-2)11-9-15/h3-11H,12-14H2,1-2H3. The first-order valence-electron chi connectivity index (χ1n) is 8.09. The largest absolute Gasteiger partial charge is 0.497 e. The Balaban J connectivity index is 1.59. The van der Waals surface area contributed by atoms with Gasteiger partial charge in [-0.05, 0) is 17.7 Å². The second-order valence-corrected chi connectivity index (χ2v) is 5.66. The fourth-order valence-corrected chi connectivity index (χ4v) is 2.53. The number of ether oxygens (including phenoxy) is 2. The molecular weight excluding hydrogens is 318 g/mol. The average Bonchev–Trinajstić information content (AvgIpc) is 2.95. The first-order valence-corrected chi connectivity index (χ1v) is 8.09. The molecule has 2 aromatic carbocycles. The first kappa shape index (κ1) is 17.0. The number of methoxy groups -OCH3 is 1. The van der Waals surface area contributed by atoms with Crippen LogP contribution in [0.15, 0.2) is 59.4 Å². The number of aromatic nitrogens is 3. The molecule has 0 bridgehead atoms. The molecule has 1 aromatic heterocycles. The van der Waals surface area contributed by atoms with Crippen LogP contribution in [0.4, 0.5) is 0 Å². The molecule has 0 atom stereocenters. The summed E-state index contributed by atoms with van der Waals surface area (Å²) in [5.41, 5.74) is 1.83. The van der Waals surface area contributed by atoms with Crippen LogP contribution in [0, 0.1) is 0 Å². The van der Waals surface area contributed by atoms with Crippen LogP contribution >= 0.6 is 0 Å². The molecule has 6 heteroatoms. The van der Waals surface area contributed by atoms with Gasteiger partial charge in [0.1, 0.15) is 5.75 Å². The van der Waals surface area contributed by atoms with Gasteiger partial charge in [-0.3, -0.25) is 4.57 Å². The Morgan fingerprint density at radius 1 is 1.04 bits per heavy atom. The molecule has 0 saturated heterocycles. The van der Waals surface area contributed by atoms with E-state index < -0.39 is 0 Å². The minimum atomic E-state index is -0.146. The molecule has 3 rings (SSSR count). The van der Waals surface area contributed by atoms with Gasteiger partial charge in [-0.2, -0.15) is 0 Å². The number of hydrogen-bond donors (Lipinski definition) is 0. The van der Waals surface area contributed by atoms with Crippen molar-refractivity contribution in [3.8, 4) is 17.1 Å². The number of benzene rings is 2. The lowest BCUT2D eigenvalue weighted by Gasteiger charge is -2.05. The van der Waals surface area contributed by atoms with E-state index in [1.54, 1.807) is 18.7 Å². The Hall–Kier alpha value is -2.86. The van der Waals surface area contributed by atoms with Crippen LogP contribution in [-0.4, -0.2) is 28.1 Å². The summed E-state index contributed by atoms with van der Waals surface area (Å²) in [6.07, 6.45) is 0. The van der Waals surface area contributed by atoms with Crippen molar-refractivity contribution in [1.82, 2.24) is 14.3 Å². The zero-order valence-corrected chi connectivity index (χ0v) is 14.4. The summed E-state index contributed by atoms with van der Waals surface area (Å²) in [6, 6.07) is 17.4. The summed E-state index contributed by atoms with van der Waals surface area (Å²) in [7, 11) is 3.37. The van der Waals surface area contributed by atoms with Crippen LogP contribution in [0.3, 0.4) is 0 Å². The van der Waals surface area contributed by atoms with Gasteiger partial charge in [0.15, 0.2) is 5.82 Å². The first-order chi connectivity index (χ1) is 12.2. The zero-order valence-electron chi connectivity index (χ0n) is 14.4. The summed E-state index contributed by atoms with van der Waals surface area (Å²) in [5, 5.41) is 4.42. The third-order valence-electron chi connectivity index (χ3n) is 3.95. The van der Waals surface area contributed by atoms with Gasteiger partial charge in [-0.1, -0.05) is 42.5 Å². The molecule has 0 unspecified atom stereocenters. The Kier molecular flexibility index (Phi) is 5.30. The third kappa shape index (κ3) is 3.97. The molecule has 25 heavy (non-hydrogen) atoms. The summed E-state index contributed by atoms with van der Waals surface area (Å²) in [4.78, 5) is 12.3. The topological polar surface area (TPSA) is 58.3 Å². The van der Waals surface area contributed by atoms with E-state index in [2.05, 4.69) is 5.10 Å². The lowest BCUT2D eigenvalue weighted by atomic mass is 10.2. The zero-order chi connectivity index (χ0) is 17.6. The summed E-state index contributed by atoms with van der Waals surface area (Å²) in [6.45, 7) is 1.31. The molecule has 0 aliphatic rings. The lowest BCUT2D eigenvalue weighted by Crippen LogP contribution is -2.25. The van der Waals surface area contributed by atoms with E-state index >= 15 is 0 Å². The second kappa shape index (κ2) is 7.81. The smallest absolute Gasteiger partial charge is 0.346 e. The van der Waals surface area contributed by atoms with Gasteiger partial charge in [0.2, 0.25) is 0 Å². The lowest BCUT2D eigenvalue weighted by molar-refractivity contribution is 0.110. The molecule has 0 saturated carbocycles. The van der Waals surface area contributed by atoms with Crippen LogP contribution < -0.4 is 10.4 Å². The Morgan fingerprint density at radius 2 is 1.76 bits per heavy atom. The van der Waals surface area contributed by atoms with Gasteiger partial charge in [0.05, 0.1) is 26.9 Å². The van der Waals surface area contributed by atoms with E-state index in [-0.39, 0.29) is 5.69 Å². The van der Waals surface area contributed by atoms with E-state index in [9.17, 15) is 4.79 Å². The number of nitrogens with zero attached hydrogens (tertiary/aromatic N) is 3. The summed E-state index contributed by atoms with van der Waals surface area (Å²) >= 11 is 0. The summed E-state index contributed by atoms with van der Waals surface area (Å²) in [5.74, 6) is 1.47. The Morgan fingerprint density at radius 3 is 2.44 bits per heavy atom. The monoisotopic (exact) mass is 339 g/mol. The number of hydrogen-bond acceptors (Lipinski definition) is 4. The van der Waals surface area contributed by atoms with Crippen molar-refractivity contribution in [3.63, 3.8) is 0 Å². The molecule has 0 spiro atoms. The second-order valence-electron chi connectivity index (χ2n) is 5.66. The molecule has 0 amide bonds. The highest BCUT2D eigenvalue weighted by Gasteiger charge is 2.11. The predicted molar refractivity (Wildman–Crippen MR) is 95.6 cm³/mol. The van der Waals surface area contributed by atoms with E-state index in [0.29, 0.717) is 25.6 Å². The van der Waals surface area contributed by atoms with Crippen molar-refractivity contribution in [2.24, 2.45) is 7.05 Å². The molecule has 6 nitrogen and oxygen atoms in total. The van der Waals surface area contributed by atoms with Crippen molar-refractivity contribution in [2.45, 2.75) is 13.2 Å². The Bertz CT molecular complexity index is 867. The molecule has 0 aliphatic heterocycles. The van der Waals surface area contributed by atoms with Crippen molar-refractivity contribution in [1.29, 1.82) is 0 Å². The quantitative estimate of drug-likeness (QED) is 0.621. The SMILES string of the molecule is COc1ccc(COCCn2nc(-c3ccccc3)n(C)c2=O)cc1. The van der Waals surface area contributed by atoms with Gasteiger partial charge >= 0.3 is 5.69 Å². The maximum atomic E-state index is 12.3. The minimum Gasteiger partial charge on any atom is -0.497 e. The third-order valence-corrected chi connectivity index (χ3v) is 3.95. The Labute approximate surface area is 146 Å².